The second-order valence-corrected chi connectivity index (χ2v) is 9.33. The van der Waals surface area contributed by atoms with E-state index in [0.29, 0.717) is 17.9 Å². The average Bonchev–Trinajstić information content (AvgIpc) is 3.02. The number of carboxylic acids is 1. The standard InChI is InChI=1S/C27H23FN2O6/c1-26(2)21-13-18(25(31)32)6-9-22(21)29(15-16-4-7-19(28)8-5-16)27(26)11-10-17-12-20(30(33)34)14-23(35-3)24(17)36-27/h4-14H,15H2,1-3H3,(H,31,32). The van der Waals surface area contributed by atoms with Gasteiger partial charge < -0.3 is 19.5 Å². The molecule has 1 N–H and O–H groups in total. The summed E-state index contributed by atoms with van der Waals surface area (Å²) in [5.41, 5.74) is 0.951. The number of carbonyl (C=O) groups is 1. The summed E-state index contributed by atoms with van der Waals surface area (Å²) in [7, 11) is 1.41. The number of ether oxygens (including phenoxy) is 2. The zero-order valence-electron chi connectivity index (χ0n) is 19.8. The van der Waals surface area contributed by atoms with Gasteiger partial charge in [-0.25, -0.2) is 9.18 Å². The van der Waals surface area contributed by atoms with E-state index < -0.39 is 22.0 Å². The van der Waals surface area contributed by atoms with Crippen LogP contribution in [0.4, 0.5) is 15.8 Å². The number of rotatable bonds is 5. The van der Waals surface area contributed by atoms with Crippen LogP contribution >= 0.6 is 0 Å². The molecule has 2 heterocycles. The predicted octanol–water partition coefficient (Wildman–Crippen LogP) is 5.54. The van der Waals surface area contributed by atoms with Crippen LogP contribution in [0.1, 0.15) is 40.9 Å². The van der Waals surface area contributed by atoms with Gasteiger partial charge in [-0.1, -0.05) is 12.1 Å². The van der Waals surface area contributed by atoms with Gasteiger partial charge in [0.25, 0.3) is 5.69 Å². The van der Waals surface area contributed by atoms with Gasteiger partial charge in [0.15, 0.2) is 11.5 Å². The predicted molar refractivity (Wildman–Crippen MR) is 131 cm³/mol. The van der Waals surface area contributed by atoms with E-state index in [-0.39, 0.29) is 22.8 Å². The van der Waals surface area contributed by atoms with Crippen LogP contribution in [0.25, 0.3) is 6.08 Å². The first-order chi connectivity index (χ1) is 17.1. The summed E-state index contributed by atoms with van der Waals surface area (Å²) in [6, 6.07) is 13.8. The van der Waals surface area contributed by atoms with Crippen LogP contribution in [-0.2, 0) is 12.0 Å². The molecule has 1 spiro atoms. The first kappa shape index (κ1) is 23.3. The lowest BCUT2D eigenvalue weighted by Gasteiger charge is -2.47. The van der Waals surface area contributed by atoms with E-state index in [9.17, 15) is 24.4 Å². The van der Waals surface area contributed by atoms with E-state index in [1.165, 1.54) is 31.4 Å². The number of hydrogen-bond donors (Lipinski definition) is 1. The maximum atomic E-state index is 13.6. The number of fused-ring (bicyclic) bond motifs is 2. The summed E-state index contributed by atoms with van der Waals surface area (Å²) >= 11 is 0. The van der Waals surface area contributed by atoms with Crippen LogP contribution in [0.2, 0.25) is 0 Å². The number of aromatic carboxylic acids is 1. The molecule has 3 aromatic rings. The molecular formula is C27H23FN2O6. The Balaban J connectivity index is 1.70. The minimum atomic E-state index is -1.14. The van der Waals surface area contributed by atoms with Crippen LogP contribution in [0.15, 0.2) is 60.7 Å². The molecule has 184 valence electrons. The molecule has 0 aromatic heterocycles. The Labute approximate surface area is 206 Å². The van der Waals surface area contributed by atoms with Gasteiger partial charge >= 0.3 is 5.97 Å². The van der Waals surface area contributed by atoms with Crippen LogP contribution in [0, 0.1) is 15.9 Å². The molecule has 0 fully saturated rings. The van der Waals surface area contributed by atoms with Gasteiger partial charge in [0, 0.05) is 23.9 Å². The fourth-order valence-electron chi connectivity index (χ4n) is 5.06. The molecule has 0 amide bonds. The highest BCUT2D eigenvalue weighted by molar-refractivity contribution is 5.89. The number of nitrogens with zero attached hydrogens (tertiary/aromatic N) is 2. The number of hydrogen-bond acceptors (Lipinski definition) is 6. The molecule has 1 atom stereocenters. The van der Waals surface area contributed by atoms with Crippen molar-refractivity contribution >= 4 is 23.4 Å². The fourth-order valence-corrected chi connectivity index (χ4v) is 5.06. The number of halogens is 1. The third-order valence-electron chi connectivity index (χ3n) is 7.00. The summed E-state index contributed by atoms with van der Waals surface area (Å²) in [6.45, 7) is 4.24. The number of nitro groups is 1. The molecule has 3 aromatic carbocycles. The Morgan fingerprint density at radius 2 is 1.89 bits per heavy atom. The van der Waals surface area contributed by atoms with Gasteiger partial charge in [-0.3, -0.25) is 10.1 Å². The molecule has 2 aliphatic heterocycles. The zero-order valence-corrected chi connectivity index (χ0v) is 19.8. The number of nitro benzene ring substituents is 1. The SMILES string of the molecule is COc1cc([N+](=O)[O-])cc2c1OC1(C=C2)N(Cc2ccc(F)cc2)c2ccc(C(=O)O)cc2C1(C)C. The van der Waals surface area contributed by atoms with Crippen molar-refractivity contribution in [2.45, 2.75) is 31.5 Å². The van der Waals surface area contributed by atoms with Crippen LogP contribution in [-0.4, -0.2) is 28.8 Å². The lowest BCUT2D eigenvalue weighted by atomic mass is 9.76. The Hall–Kier alpha value is -4.40. The quantitative estimate of drug-likeness (QED) is 0.370. The zero-order chi connectivity index (χ0) is 25.8. The topological polar surface area (TPSA) is 102 Å². The third-order valence-corrected chi connectivity index (χ3v) is 7.00. The molecule has 8 nitrogen and oxygen atoms in total. The van der Waals surface area contributed by atoms with Gasteiger partial charge in [-0.05, 0) is 67.5 Å². The molecule has 0 aliphatic carbocycles. The van der Waals surface area contributed by atoms with Crippen molar-refractivity contribution in [2.24, 2.45) is 0 Å². The van der Waals surface area contributed by atoms with Crippen molar-refractivity contribution in [3.63, 3.8) is 0 Å². The average molecular weight is 490 g/mol. The lowest BCUT2D eigenvalue weighted by Crippen LogP contribution is -2.59. The van der Waals surface area contributed by atoms with Crippen molar-refractivity contribution in [1.29, 1.82) is 0 Å². The Bertz CT molecular complexity index is 1430. The van der Waals surface area contributed by atoms with Crippen LogP contribution in [0.3, 0.4) is 0 Å². The first-order valence-electron chi connectivity index (χ1n) is 11.2. The van der Waals surface area contributed by atoms with Crippen molar-refractivity contribution in [1.82, 2.24) is 0 Å². The van der Waals surface area contributed by atoms with E-state index >= 15 is 0 Å². The summed E-state index contributed by atoms with van der Waals surface area (Å²) in [6.07, 6.45) is 3.60. The molecule has 5 rings (SSSR count). The molecule has 0 radical (unpaired) electrons. The molecule has 0 saturated carbocycles. The number of benzene rings is 3. The van der Waals surface area contributed by atoms with Crippen molar-refractivity contribution in [2.75, 3.05) is 12.0 Å². The molecule has 9 heteroatoms. The minimum absolute atomic E-state index is 0.127. The highest BCUT2D eigenvalue weighted by Gasteiger charge is 2.59. The van der Waals surface area contributed by atoms with Crippen molar-refractivity contribution in [3.05, 3.63) is 98.9 Å². The molecule has 0 bridgehead atoms. The van der Waals surface area contributed by atoms with Gasteiger partial charge in [0.1, 0.15) is 5.82 Å². The van der Waals surface area contributed by atoms with Crippen LogP contribution < -0.4 is 14.4 Å². The molecule has 0 saturated heterocycles. The first-order valence-corrected chi connectivity index (χ1v) is 11.2. The summed E-state index contributed by atoms with van der Waals surface area (Å²) in [4.78, 5) is 24.7. The van der Waals surface area contributed by atoms with E-state index in [1.807, 2.05) is 24.8 Å². The summed E-state index contributed by atoms with van der Waals surface area (Å²) < 4.78 is 25.8. The number of non-ortho nitro benzene ring substituents is 1. The minimum Gasteiger partial charge on any atom is -0.493 e. The molecular weight excluding hydrogens is 467 g/mol. The van der Waals surface area contributed by atoms with Crippen molar-refractivity contribution < 1.29 is 28.7 Å². The molecule has 2 aliphatic rings. The lowest BCUT2D eigenvalue weighted by molar-refractivity contribution is -0.385. The van der Waals surface area contributed by atoms with Gasteiger partial charge in [-0.15, -0.1) is 0 Å². The number of carboxylic acid groups (broad SMARTS) is 1. The summed E-state index contributed by atoms with van der Waals surface area (Å²) in [5, 5.41) is 21.0. The molecule has 1 unspecified atom stereocenters. The Morgan fingerprint density at radius 1 is 1.17 bits per heavy atom. The highest BCUT2D eigenvalue weighted by Crippen LogP contribution is 2.57. The van der Waals surface area contributed by atoms with Gasteiger partial charge in [0.05, 0.1) is 29.1 Å². The Kier molecular flexibility index (Phi) is 5.24. The number of methoxy groups -OCH3 is 1. The highest BCUT2D eigenvalue weighted by atomic mass is 19.1. The second-order valence-electron chi connectivity index (χ2n) is 9.33. The van der Waals surface area contributed by atoms with Gasteiger partial charge in [0.2, 0.25) is 5.72 Å². The maximum absolute atomic E-state index is 13.6. The number of anilines is 1. The van der Waals surface area contributed by atoms with Gasteiger partial charge in [-0.2, -0.15) is 0 Å². The van der Waals surface area contributed by atoms with E-state index in [0.717, 1.165) is 16.8 Å². The fraction of sp³-hybridized carbons (Fsp3) is 0.222. The monoisotopic (exact) mass is 490 g/mol. The largest absolute Gasteiger partial charge is 0.493 e. The molecule has 36 heavy (non-hydrogen) atoms. The normalized spacial score (nSPS) is 18.9. The second kappa shape index (κ2) is 8.08. The van der Waals surface area contributed by atoms with E-state index in [4.69, 9.17) is 9.47 Å². The smallest absolute Gasteiger partial charge is 0.335 e. The summed E-state index contributed by atoms with van der Waals surface area (Å²) in [5.74, 6) is -0.841. The van der Waals surface area contributed by atoms with Crippen molar-refractivity contribution in [3.8, 4) is 11.5 Å². The van der Waals surface area contributed by atoms with E-state index in [1.54, 1.807) is 36.4 Å². The Morgan fingerprint density at radius 3 is 2.53 bits per heavy atom. The van der Waals surface area contributed by atoms with E-state index in [2.05, 4.69) is 0 Å². The van der Waals surface area contributed by atoms with Crippen LogP contribution in [0.5, 0.6) is 11.5 Å². The maximum Gasteiger partial charge on any atom is 0.335 e. The third kappa shape index (κ3) is 3.38.